The van der Waals surface area contributed by atoms with Crippen molar-refractivity contribution >= 4 is 0 Å². The van der Waals surface area contributed by atoms with E-state index >= 15 is 0 Å². The van der Waals surface area contributed by atoms with E-state index < -0.39 is 0 Å². The summed E-state index contributed by atoms with van der Waals surface area (Å²) >= 11 is 0. The smallest absolute Gasteiger partial charge is 0.0360 e. The molecule has 0 fully saturated rings. The Kier molecular flexibility index (Phi) is 5.83. The Balaban J connectivity index is 4.84. The molecule has 0 aliphatic heterocycles. The maximum Gasteiger partial charge on any atom is 0.0360 e. The largest absolute Gasteiger partial charge is 0.314 e. The molecule has 0 radical (unpaired) electrons. The SMILES string of the molecule is C#CCC(NC)C(CC)(CC)N(C)C. The Labute approximate surface area is 89.1 Å². The lowest BCUT2D eigenvalue weighted by Gasteiger charge is -2.44. The van der Waals surface area contributed by atoms with Crippen LogP contribution in [0.5, 0.6) is 0 Å². The first kappa shape index (κ1) is 13.5. The number of hydrogen-bond acceptors (Lipinski definition) is 2. The van der Waals surface area contributed by atoms with E-state index in [1.807, 2.05) is 7.05 Å². The van der Waals surface area contributed by atoms with Crippen LogP contribution in [0.1, 0.15) is 33.1 Å². The van der Waals surface area contributed by atoms with Crippen LogP contribution in [0.25, 0.3) is 0 Å². The van der Waals surface area contributed by atoms with Crippen LogP contribution in [0.4, 0.5) is 0 Å². The van der Waals surface area contributed by atoms with Crippen LogP contribution in [0.15, 0.2) is 0 Å². The third kappa shape index (κ3) is 2.50. The zero-order valence-corrected chi connectivity index (χ0v) is 10.2. The Morgan fingerprint density at radius 1 is 1.36 bits per heavy atom. The highest BCUT2D eigenvalue weighted by atomic mass is 15.2. The van der Waals surface area contributed by atoms with Gasteiger partial charge in [-0.2, -0.15) is 0 Å². The second kappa shape index (κ2) is 6.06. The lowest BCUT2D eigenvalue weighted by molar-refractivity contribution is 0.0938. The molecule has 0 rings (SSSR count). The fourth-order valence-corrected chi connectivity index (χ4v) is 2.37. The number of nitrogens with one attached hydrogen (secondary N) is 1. The number of hydrogen-bond donors (Lipinski definition) is 1. The molecule has 14 heavy (non-hydrogen) atoms. The fourth-order valence-electron chi connectivity index (χ4n) is 2.37. The van der Waals surface area contributed by atoms with Gasteiger partial charge in [-0.1, -0.05) is 13.8 Å². The molecule has 0 aliphatic carbocycles. The van der Waals surface area contributed by atoms with Crippen molar-refractivity contribution in [2.45, 2.75) is 44.7 Å². The third-order valence-corrected chi connectivity index (χ3v) is 3.43. The number of terminal acetylenes is 1. The summed E-state index contributed by atoms with van der Waals surface area (Å²) in [5.41, 5.74) is 0.182. The monoisotopic (exact) mass is 196 g/mol. The second-order valence-electron chi connectivity index (χ2n) is 3.95. The van der Waals surface area contributed by atoms with Crippen LogP contribution in [-0.2, 0) is 0 Å². The van der Waals surface area contributed by atoms with Crippen molar-refractivity contribution in [2.75, 3.05) is 21.1 Å². The highest BCUT2D eigenvalue weighted by molar-refractivity contribution is 5.02. The molecule has 0 heterocycles. The van der Waals surface area contributed by atoms with E-state index in [1.165, 1.54) is 0 Å². The number of rotatable bonds is 6. The van der Waals surface area contributed by atoms with Crippen LogP contribution in [0.2, 0.25) is 0 Å². The highest BCUT2D eigenvalue weighted by Crippen LogP contribution is 2.27. The zero-order valence-electron chi connectivity index (χ0n) is 10.2. The topological polar surface area (TPSA) is 15.3 Å². The standard InChI is InChI=1S/C12H24N2/c1-7-10-11(13-4)12(8-2,9-3)14(5)6/h1,11,13H,8-10H2,2-6H3. The van der Waals surface area contributed by atoms with Crippen molar-refractivity contribution in [3.63, 3.8) is 0 Å². The van der Waals surface area contributed by atoms with Crippen molar-refractivity contribution in [3.8, 4) is 12.3 Å². The van der Waals surface area contributed by atoms with Crippen LogP contribution < -0.4 is 5.32 Å². The molecule has 0 aromatic rings. The van der Waals surface area contributed by atoms with Gasteiger partial charge in [0.25, 0.3) is 0 Å². The van der Waals surface area contributed by atoms with Gasteiger partial charge in [-0.3, -0.25) is 0 Å². The van der Waals surface area contributed by atoms with Gasteiger partial charge in [0.1, 0.15) is 0 Å². The Hall–Kier alpha value is -0.520. The molecule has 1 atom stereocenters. The minimum Gasteiger partial charge on any atom is -0.314 e. The van der Waals surface area contributed by atoms with Gasteiger partial charge >= 0.3 is 0 Å². The van der Waals surface area contributed by atoms with Gasteiger partial charge in [-0.05, 0) is 34.0 Å². The van der Waals surface area contributed by atoms with E-state index in [2.05, 4.69) is 44.1 Å². The van der Waals surface area contributed by atoms with Crippen LogP contribution in [0.3, 0.4) is 0 Å². The number of likely N-dealkylation sites (N-methyl/N-ethyl adjacent to an activating group) is 2. The molecule has 0 aromatic heterocycles. The number of nitrogens with zero attached hydrogens (tertiary/aromatic N) is 1. The molecule has 0 saturated carbocycles. The summed E-state index contributed by atoms with van der Waals surface area (Å²) in [5, 5.41) is 3.34. The van der Waals surface area contributed by atoms with E-state index in [1.54, 1.807) is 0 Å². The fraction of sp³-hybridized carbons (Fsp3) is 0.833. The zero-order chi connectivity index (χ0) is 11.2. The average Bonchev–Trinajstić information content (AvgIpc) is 2.18. The average molecular weight is 196 g/mol. The summed E-state index contributed by atoms with van der Waals surface area (Å²) < 4.78 is 0. The third-order valence-electron chi connectivity index (χ3n) is 3.43. The lowest BCUT2D eigenvalue weighted by Crippen LogP contribution is -2.57. The maximum absolute atomic E-state index is 5.40. The van der Waals surface area contributed by atoms with Crippen molar-refractivity contribution < 1.29 is 0 Å². The van der Waals surface area contributed by atoms with E-state index in [0.717, 1.165) is 19.3 Å². The normalized spacial score (nSPS) is 14.1. The highest BCUT2D eigenvalue weighted by Gasteiger charge is 2.36. The van der Waals surface area contributed by atoms with E-state index in [4.69, 9.17) is 6.42 Å². The van der Waals surface area contributed by atoms with Crippen LogP contribution in [0, 0.1) is 12.3 Å². The first-order chi connectivity index (χ1) is 6.58. The molecule has 0 saturated heterocycles. The minimum absolute atomic E-state index is 0.182. The van der Waals surface area contributed by atoms with Crippen molar-refractivity contribution in [1.29, 1.82) is 0 Å². The Morgan fingerprint density at radius 2 is 1.86 bits per heavy atom. The Morgan fingerprint density at radius 3 is 2.07 bits per heavy atom. The van der Waals surface area contributed by atoms with E-state index in [0.29, 0.717) is 6.04 Å². The van der Waals surface area contributed by atoms with Crippen LogP contribution in [-0.4, -0.2) is 37.6 Å². The maximum atomic E-state index is 5.40. The van der Waals surface area contributed by atoms with Crippen LogP contribution >= 0.6 is 0 Å². The van der Waals surface area contributed by atoms with Gasteiger partial charge in [0.2, 0.25) is 0 Å². The minimum atomic E-state index is 0.182. The molecule has 2 heteroatoms. The van der Waals surface area contributed by atoms with Gasteiger partial charge < -0.3 is 10.2 Å². The molecule has 0 spiro atoms. The molecule has 1 N–H and O–H groups in total. The predicted octanol–water partition coefficient (Wildman–Crippen LogP) is 1.72. The first-order valence-corrected chi connectivity index (χ1v) is 5.37. The summed E-state index contributed by atoms with van der Waals surface area (Å²) in [4.78, 5) is 2.30. The molecular formula is C12H24N2. The van der Waals surface area contributed by atoms with Gasteiger partial charge in [0.15, 0.2) is 0 Å². The summed E-state index contributed by atoms with van der Waals surface area (Å²) in [6.45, 7) is 4.45. The molecule has 0 amide bonds. The molecular weight excluding hydrogens is 172 g/mol. The molecule has 2 nitrogen and oxygen atoms in total. The predicted molar refractivity (Wildman–Crippen MR) is 63.3 cm³/mol. The Bertz CT molecular complexity index is 187. The molecule has 0 aromatic carbocycles. The molecule has 0 bridgehead atoms. The van der Waals surface area contributed by atoms with E-state index in [9.17, 15) is 0 Å². The summed E-state index contributed by atoms with van der Waals surface area (Å²) in [6.07, 6.45) is 8.42. The summed E-state index contributed by atoms with van der Waals surface area (Å²) in [6, 6.07) is 0.373. The lowest BCUT2D eigenvalue weighted by atomic mass is 9.82. The van der Waals surface area contributed by atoms with Crippen molar-refractivity contribution in [1.82, 2.24) is 10.2 Å². The molecule has 82 valence electrons. The van der Waals surface area contributed by atoms with Gasteiger partial charge in [0, 0.05) is 18.0 Å². The van der Waals surface area contributed by atoms with Gasteiger partial charge in [-0.15, -0.1) is 12.3 Å². The molecule has 0 aliphatic rings. The molecule has 1 unspecified atom stereocenters. The quantitative estimate of drug-likeness (QED) is 0.651. The van der Waals surface area contributed by atoms with Gasteiger partial charge in [-0.25, -0.2) is 0 Å². The van der Waals surface area contributed by atoms with Crippen molar-refractivity contribution in [3.05, 3.63) is 0 Å². The summed E-state index contributed by atoms with van der Waals surface area (Å²) in [7, 11) is 6.26. The summed E-state index contributed by atoms with van der Waals surface area (Å²) in [5.74, 6) is 2.76. The first-order valence-electron chi connectivity index (χ1n) is 5.37. The van der Waals surface area contributed by atoms with E-state index in [-0.39, 0.29) is 5.54 Å². The van der Waals surface area contributed by atoms with Gasteiger partial charge in [0.05, 0.1) is 0 Å². The van der Waals surface area contributed by atoms with Crippen molar-refractivity contribution in [2.24, 2.45) is 0 Å². The second-order valence-corrected chi connectivity index (χ2v) is 3.95.